The molecule has 1 atom stereocenters. The third kappa shape index (κ3) is 3.32. The highest BCUT2D eigenvalue weighted by Gasteiger charge is 2.14. The van der Waals surface area contributed by atoms with Crippen LogP contribution in [-0.4, -0.2) is 38.5 Å². The van der Waals surface area contributed by atoms with Gasteiger partial charge in [-0.25, -0.2) is 9.97 Å². The Bertz CT molecular complexity index is 721. The quantitative estimate of drug-likeness (QED) is 0.720. The van der Waals surface area contributed by atoms with E-state index < -0.39 is 0 Å². The van der Waals surface area contributed by atoms with Crippen molar-refractivity contribution >= 4 is 23.0 Å². The molecule has 0 saturated carbocycles. The maximum atomic E-state index is 12.1. The smallest absolute Gasteiger partial charge is 0.271 e. The number of nitrogens with one attached hydrogen (secondary N) is 1. The van der Waals surface area contributed by atoms with E-state index in [-0.39, 0.29) is 18.4 Å². The van der Waals surface area contributed by atoms with Crippen LogP contribution in [0.3, 0.4) is 0 Å². The second-order valence-corrected chi connectivity index (χ2v) is 5.83. The van der Waals surface area contributed by atoms with Crippen molar-refractivity contribution in [1.29, 1.82) is 0 Å². The molecule has 0 aromatic carbocycles. The van der Waals surface area contributed by atoms with Crippen molar-refractivity contribution < 1.29 is 9.90 Å². The molecule has 114 valence electrons. The van der Waals surface area contributed by atoms with Gasteiger partial charge in [-0.1, -0.05) is 0 Å². The summed E-state index contributed by atoms with van der Waals surface area (Å²) in [6, 6.07) is 3.81. The Labute approximate surface area is 131 Å². The summed E-state index contributed by atoms with van der Waals surface area (Å²) < 4.78 is 1.70. The van der Waals surface area contributed by atoms with E-state index in [2.05, 4.69) is 20.7 Å². The Kier molecular flexibility index (Phi) is 4.45. The Morgan fingerprint density at radius 1 is 1.50 bits per heavy atom. The monoisotopic (exact) mass is 316 g/mol. The third-order valence-electron chi connectivity index (χ3n) is 3.38. The highest BCUT2D eigenvalue weighted by Crippen LogP contribution is 2.12. The summed E-state index contributed by atoms with van der Waals surface area (Å²) in [5, 5.41) is 16.3. The minimum atomic E-state index is -0.255. The molecule has 1 amide bonds. The lowest BCUT2D eigenvalue weighted by molar-refractivity contribution is 0.0935. The van der Waals surface area contributed by atoms with Gasteiger partial charge < -0.3 is 10.4 Å². The van der Waals surface area contributed by atoms with Gasteiger partial charge in [0, 0.05) is 37.7 Å². The van der Waals surface area contributed by atoms with Crippen LogP contribution in [0, 0.1) is 5.92 Å². The molecular formula is C15H16N4O2S. The van der Waals surface area contributed by atoms with Gasteiger partial charge in [0.05, 0.1) is 0 Å². The molecule has 6 nitrogen and oxygen atoms in total. The zero-order chi connectivity index (χ0) is 15.4. The molecule has 0 radical (unpaired) electrons. The molecule has 3 heterocycles. The van der Waals surface area contributed by atoms with Crippen LogP contribution in [0.2, 0.25) is 0 Å². The number of hydrogen-bond acceptors (Lipinski definition) is 5. The Balaban J connectivity index is 1.61. The Hall–Kier alpha value is -2.25. The van der Waals surface area contributed by atoms with Crippen molar-refractivity contribution in [3.05, 3.63) is 52.7 Å². The van der Waals surface area contributed by atoms with E-state index in [1.54, 1.807) is 40.4 Å². The van der Waals surface area contributed by atoms with Gasteiger partial charge in [-0.3, -0.25) is 9.20 Å². The van der Waals surface area contributed by atoms with Gasteiger partial charge in [0.15, 0.2) is 0 Å². The van der Waals surface area contributed by atoms with E-state index in [4.69, 9.17) is 0 Å². The van der Waals surface area contributed by atoms with Gasteiger partial charge in [0.25, 0.3) is 5.91 Å². The lowest BCUT2D eigenvalue weighted by Gasteiger charge is -2.13. The average molecular weight is 316 g/mol. The third-order valence-corrected chi connectivity index (χ3v) is 4.11. The number of rotatable bonds is 6. The molecule has 0 aliphatic heterocycles. The molecule has 0 fully saturated rings. The molecule has 0 spiro atoms. The fraction of sp³-hybridized carbons (Fsp3) is 0.267. The number of amides is 1. The van der Waals surface area contributed by atoms with E-state index in [9.17, 15) is 9.90 Å². The van der Waals surface area contributed by atoms with E-state index in [0.717, 1.165) is 6.42 Å². The number of fused-ring (bicyclic) bond motifs is 1. The van der Waals surface area contributed by atoms with Crippen LogP contribution >= 0.6 is 11.3 Å². The standard InChI is InChI=1S/C15H16N4O2S/c20-9-12(6-11-2-5-22-10-11)7-17-14(21)13-8-19-4-1-3-16-15(19)18-13/h1-5,8,10,12,20H,6-7,9H2,(H,17,21)/t12-/m1/s1. The second-order valence-electron chi connectivity index (χ2n) is 5.05. The Morgan fingerprint density at radius 2 is 2.41 bits per heavy atom. The maximum absolute atomic E-state index is 12.1. The number of carbonyl (C=O) groups is 1. The number of thiophene rings is 1. The van der Waals surface area contributed by atoms with Crippen molar-refractivity contribution in [2.75, 3.05) is 13.2 Å². The first kappa shape index (κ1) is 14.7. The predicted octanol–water partition coefficient (Wildman–Crippen LogP) is 1.37. The second kappa shape index (κ2) is 6.67. The lowest BCUT2D eigenvalue weighted by atomic mass is 10.0. The largest absolute Gasteiger partial charge is 0.396 e. The minimum Gasteiger partial charge on any atom is -0.396 e. The molecule has 3 aromatic rings. The van der Waals surface area contributed by atoms with E-state index in [1.807, 2.05) is 11.4 Å². The van der Waals surface area contributed by atoms with Gasteiger partial charge in [0.2, 0.25) is 5.78 Å². The van der Waals surface area contributed by atoms with Crippen LogP contribution in [0.4, 0.5) is 0 Å². The summed E-state index contributed by atoms with van der Waals surface area (Å²) in [7, 11) is 0. The van der Waals surface area contributed by atoms with Crippen molar-refractivity contribution in [3.8, 4) is 0 Å². The van der Waals surface area contributed by atoms with Crippen molar-refractivity contribution in [3.63, 3.8) is 0 Å². The molecule has 0 bridgehead atoms. The zero-order valence-corrected chi connectivity index (χ0v) is 12.7. The van der Waals surface area contributed by atoms with E-state index in [0.29, 0.717) is 18.0 Å². The molecular weight excluding hydrogens is 300 g/mol. The van der Waals surface area contributed by atoms with Gasteiger partial charge in [-0.05, 0) is 34.9 Å². The summed E-state index contributed by atoms with van der Waals surface area (Å²) in [5.41, 5.74) is 1.50. The molecule has 0 aliphatic carbocycles. The van der Waals surface area contributed by atoms with Crippen LogP contribution in [0.25, 0.3) is 5.78 Å². The maximum Gasteiger partial charge on any atom is 0.271 e. The Morgan fingerprint density at radius 3 is 3.14 bits per heavy atom. The highest BCUT2D eigenvalue weighted by molar-refractivity contribution is 7.07. The number of carbonyl (C=O) groups excluding carboxylic acids is 1. The van der Waals surface area contributed by atoms with Gasteiger partial charge in [-0.2, -0.15) is 11.3 Å². The summed E-state index contributed by atoms with van der Waals surface area (Å²) >= 11 is 1.63. The van der Waals surface area contributed by atoms with Crippen molar-refractivity contribution in [2.45, 2.75) is 6.42 Å². The first-order valence-corrected chi connectivity index (χ1v) is 7.90. The molecule has 0 aliphatic rings. The van der Waals surface area contributed by atoms with Crippen molar-refractivity contribution in [2.24, 2.45) is 5.92 Å². The normalized spacial score (nSPS) is 12.4. The first-order valence-electron chi connectivity index (χ1n) is 6.96. The number of imidazole rings is 1. The fourth-order valence-electron chi connectivity index (χ4n) is 2.21. The fourth-order valence-corrected chi connectivity index (χ4v) is 2.89. The van der Waals surface area contributed by atoms with Gasteiger partial charge >= 0.3 is 0 Å². The first-order chi connectivity index (χ1) is 10.8. The van der Waals surface area contributed by atoms with E-state index in [1.165, 1.54) is 5.56 Å². The number of aliphatic hydroxyl groups excluding tert-OH is 1. The van der Waals surface area contributed by atoms with Crippen LogP contribution < -0.4 is 5.32 Å². The molecule has 7 heteroatoms. The number of nitrogens with zero attached hydrogens (tertiary/aromatic N) is 3. The number of aliphatic hydroxyl groups is 1. The van der Waals surface area contributed by atoms with Crippen LogP contribution in [0.1, 0.15) is 16.1 Å². The zero-order valence-electron chi connectivity index (χ0n) is 11.8. The van der Waals surface area contributed by atoms with Crippen LogP contribution in [0.5, 0.6) is 0 Å². The highest BCUT2D eigenvalue weighted by atomic mass is 32.1. The predicted molar refractivity (Wildman–Crippen MR) is 83.9 cm³/mol. The van der Waals surface area contributed by atoms with Crippen molar-refractivity contribution in [1.82, 2.24) is 19.7 Å². The molecule has 22 heavy (non-hydrogen) atoms. The molecule has 0 saturated heterocycles. The summed E-state index contributed by atoms with van der Waals surface area (Å²) in [4.78, 5) is 20.4. The summed E-state index contributed by atoms with van der Waals surface area (Å²) in [5.74, 6) is 0.229. The lowest BCUT2D eigenvalue weighted by Crippen LogP contribution is -2.32. The van der Waals surface area contributed by atoms with Crippen LogP contribution in [-0.2, 0) is 6.42 Å². The topological polar surface area (TPSA) is 79.5 Å². The van der Waals surface area contributed by atoms with Gasteiger partial charge in [-0.15, -0.1) is 0 Å². The van der Waals surface area contributed by atoms with E-state index >= 15 is 0 Å². The summed E-state index contributed by atoms with van der Waals surface area (Å²) in [6.45, 7) is 0.440. The SMILES string of the molecule is O=C(NC[C@H](CO)Cc1ccsc1)c1cn2cccnc2n1. The number of hydrogen-bond donors (Lipinski definition) is 2. The molecule has 0 unspecified atom stereocenters. The minimum absolute atomic E-state index is 0.00583. The molecule has 3 aromatic heterocycles. The average Bonchev–Trinajstić information content (AvgIpc) is 3.19. The molecule has 2 N–H and O–H groups in total. The van der Waals surface area contributed by atoms with Crippen LogP contribution in [0.15, 0.2) is 41.5 Å². The van der Waals surface area contributed by atoms with Gasteiger partial charge in [0.1, 0.15) is 5.69 Å². The molecule has 3 rings (SSSR count). The summed E-state index contributed by atoms with van der Waals surface area (Å²) in [6.07, 6.45) is 5.81. The number of aromatic nitrogens is 3.